The lowest BCUT2D eigenvalue weighted by atomic mass is 10.1. The summed E-state index contributed by atoms with van der Waals surface area (Å²) in [6.45, 7) is 2.70. The molecule has 1 heterocycles. The number of aromatic nitrogens is 2. The molecular formula is C14H19N3O3. The normalized spacial score (nSPS) is 12.2. The van der Waals surface area contributed by atoms with E-state index in [4.69, 9.17) is 9.47 Å². The Morgan fingerprint density at radius 3 is 2.70 bits per heavy atom. The summed E-state index contributed by atoms with van der Waals surface area (Å²) in [6.07, 6.45) is 2.20. The quantitative estimate of drug-likeness (QED) is 0.832. The van der Waals surface area contributed by atoms with Crippen molar-refractivity contribution in [3.05, 3.63) is 36.0 Å². The molecule has 108 valence electrons. The number of benzene rings is 1. The van der Waals surface area contributed by atoms with E-state index >= 15 is 0 Å². The van der Waals surface area contributed by atoms with E-state index in [1.165, 1.54) is 12.0 Å². The van der Waals surface area contributed by atoms with Crippen molar-refractivity contribution in [2.24, 2.45) is 0 Å². The van der Waals surface area contributed by atoms with E-state index in [1.54, 1.807) is 14.2 Å². The summed E-state index contributed by atoms with van der Waals surface area (Å²) in [5.74, 6) is 2.14. The Balaban J connectivity index is 1.91. The van der Waals surface area contributed by atoms with E-state index in [0.29, 0.717) is 12.4 Å². The van der Waals surface area contributed by atoms with Gasteiger partial charge < -0.3 is 19.3 Å². The van der Waals surface area contributed by atoms with Gasteiger partial charge in [0.2, 0.25) is 6.39 Å². The van der Waals surface area contributed by atoms with Crippen LogP contribution in [0.15, 0.2) is 29.1 Å². The SMILES string of the molecule is COc1ccc(CC(C)NCc2ncon2)cc1OC. The van der Waals surface area contributed by atoms with Crippen LogP contribution in [0.5, 0.6) is 11.5 Å². The molecule has 0 saturated carbocycles. The van der Waals surface area contributed by atoms with Gasteiger partial charge in [0, 0.05) is 6.04 Å². The third-order valence-corrected chi connectivity index (χ3v) is 3.01. The van der Waals surface area contributed by atoms with Crippen molar-refractivity contribution in [3.63, 3.8) is 0 Å². The third kappa shape index (κ3) is 3.71. The van der Waals surface area contributed by atoms with Gasteiger partial charge in [0.25, 0.3) is 0 Å². The molecular weight excluding hydrogens is 258 g/mol. The van der Waals surface area contributed by atoms with Crippen LogP contribution in [0.1, 0.15) is 18.3 Å². The number of hydrogen-bond acceptors (Lipinski definition) is 6. The van der Waals surface area contributed by atoms with E-state index in [0.717, 1.165) is 17.9 Å². The van der Waals surface area contributed by atoms with Gasteiger partial charge in [-0.2, -0.15) is 4.98 Å². The Kier molecular flexibility index (Phi) is 4.95. The highest BCUT2D eigenvalue weighted by Gasteiger charge is 2.08. The zero-order valence-electron chi connectivity index (χ0n) is 11.9. The van der Waals surface area contributed by atoms with Gasteiger partial charge in [0.05, 0.1) is 20.8 Å². The molecule has 0 fully saturated rings. The number of nitrogens with zero attached hydrogens (tertiary/aromatic N) is 2. The van der Waals surface area contributed by atoms with Crippen molar-refractivity contribution in [2.75, 3.05) is 14.2 Å². The van der Waals surface area contributed by atoms with Crippen LogP contribution in [0.4, 0.5) is 0 Å². The molecule has 0 aliphatic rings. The average Bonchev–Trinajstić information content (AvgIpc) is 2.98. The van der Waals surface area contributed by atoms with E-state index in [1.807, 2.05) is 18.2 Å². The van der Waals surface area contributed by atoms with Crippen LogP contribution in [-0.2, 0) is 13.0 Å². The molecule has 0 amide bonds. The van der Waals surface area contributed by atoms with Crippen LogP contribution in [0.3, 0.4) is 0 Å². The lowest BCUT2D eigenvalue weighted by Gasteiger charge is -2.14. The molecule has 0 saturated heterocycles. The maximum atomic E-state index is 5.30. The fraction of sp³-hybridized carbons (Fsp3) is 0.429. The minimum atomic E-state index is 0.284. The van der Waals surface area contributed by atoms with Gasteiger partial charge in [-0.3, -0.25) is 0 Å². The fourth-order valence-electron chi connectivity index (χ4n) is 1.97. The average molecular weight is 277 g/mol. The predicted molar refractivity (Wildman–Crippen MR) is 73.8 cm³/mol. The Bertz CT molecular complexity index is 528. The van der Waals surface area contributed by atoms with Crippen LogP contribution in [0.2, 0.25) is 0 Å². The van der Waals surface area contributed by atoms with Crippen molar-refractivity contribution in [2.45, 2.75) is 25.9 Å². The number of methoxy groups -OCH3 is 2. The smallest absolute Gasteiger partial charge is 0.213 e. The topological polar surface area (TPSA) is 69.4 Å². The molecule has 20 heavy (non-hydrogen) atoms. The fourth-order valence-corrected chi connectivity index (χ4v) is 1.97. The predicted octanol–water partition coefficient (Wildman–Crippen LogP) is 1.81. The van der Waals surface area contributed by atoms with Crippen molar-refractivity contribution in [1.82, 2.24) is 15.5 Å². The molecule has 0 aliphatic heterocycles. The largest absolute Gasteiger partial charge is 0.493 e. The second-order valence-corrected chi connectivity index (χ2v) is 4.52. The van der Waals surface area contributed by atoms with Crippen LogP contribution in [-0.4, -0.2) is 30.4 Å². The summed E-state index contributed by atoms with van der Waals surface area (Å²) in [5, 5.41) is 7.10. The highest BCUT2D eigenvalue weighted by Crippen LogP contribution is 2.27. The monoisotopic (exact) mass is 277 g/mol. The molecule has 1 unspecified atom stereocenters. The first kappa shape index (κ1) is 14.3. The number of rotatable bonds is 7. The van der Waals surface area contributed by atoms with E-state index in [2.05, 4.69) is 26.9 Å². The van der Waals surface area contributed by atoms with Crippen molar-refractivity contribution in [1.29, 1.82) is 0 Å². The molecule has 0 bridgehead atoms. The number of nitrogens with one attached hydrogen (secondary N) is 1. The zero-order chi connectivity index (χ0) is 14.4. The number of ether oxygens (including phenoxy) is 2. The van der Waals surface area contributed by atoms with E-state index in [-0.39, 0.29) is 6.04 Å². The lowest BCUT2D eigenvalue weighted by molar-refractivity contribution is 0.354. The zero-order valence-corrected chi connectivity index (χ0v) is 11.9. The Morgan fingerprint density at radius 2 is 2.05 bits per heavy atom. The summed E-state index contributed by atoms with van der Waals surface area (Å²) < 4.78 is 15.2. The summed E-state index contributed by atoms with van der Waals surface area (Å²) in [5.41, 5.74) is 1.18. The van der Waals surface area contributed by atoms with Crippen LogP contribution in [0, 0.1) is 0 Å². The molecule has 0 aliphatic carbocycles. The molecule has 1 aromatic carbocycles. The summed E-state index contributed by atoms with van der Waals surface area (Å²) in [7, 11) is 3.27. The first-order chi connectivity index (χ1) is 9.72. The standard InChI is InChI=1S/C14H19N3O3/c1-10(15-8-14-16-9-20-17-14)6-11-4-5-12(18-2)13(7-11)19-3/h4-5,7,9-10,15H,6,8H2,1-3H3. The highest BCUT2D eigenvalue weighted by atomic mass is 16.5. The summed E-state index contributed by atoms with van der Waals surface area (Å²) in [4.78, 5) is 3.97. The lowest BCUT2D eigenvalue weighted by Crippen LogP contribution is -2.28. The minimum absolute atomic E-state index is 0.284. The Morgan fingerprint density at radius 1 is 1.25 bits per heavy atom. The minimum Gasteiger partial charge on any atom is -0.493 e. The van der Waals surface area contributed by atoms with Crippen LogP contribution < -0.4 is 14.8 Å². The molecule has 6 nitrogen and oxygen atoms in total. The molecule has 6 heteroatoms. The summed E-state index contributed by atoms with van der Waals surface area (Å²) >= 11 is 0. The molecule has 1 N–H and O–H groups in total. The molecule has 0 radical (unpaired) electrons. The van der Waals surface area contributed by atoms with Crippen LogP contribution in [0.25, 0.3) is 0 Å². The number of hydrogen-bond donors (Lipinski definition) is 1. The second-order valence-electron chi connectivity index (χ2n) is 4.52. The first-order valence-electron chi connectivity index (χ1n) is 6.42. The van der Waals surface area contributed by atoms with Gasteiger partial charge in [0.15, 0.2) is 17.3 Å². The molecule has 0 spiro atoms. The van der Waals surface area contributed by atoms with E-state index in [9.17, 15) is 0 Å². The van der Waals surface area contributed by atoms with Gasteiger partial charge in [0.1, 0.15) is 0 Å². The maximum Gasteiger partial charge on any atom is 0.213 e. The van der Waals surface area contributed by atoms with Crippen LogP contribution >= 0.6 is 0 Å². The van der Waals surface area contributed by atoms with Gasteiger partial charge >= 0.3 is 0 Å². The van der Waals surface area contributed by atoms with Gasteiger partial charge in [-0.15, -0.1) is 0 Å². The molecule has 1 atom stereocenters. The second kappa shape index (κ2) is 6.91. The summed E-state index contributed by atoms with van der Waals surface area (Å²) in [6, 6.07) is 6.23. The van der Waals surface area contributed by atoms with Gasteiger partial charge in [-0.25, -0.2) is 0 Å². The third-order valence-electron chi connectivity index (χ3n) is 3.01. The molecule has 1 aromatic heterocycles. The van der Waals surface area contributed by atoms with Crippen molar-refractivity contribution in [3.8, 4) is 11.5 Å². The molecule has 2 aromatic rings. The van der Waals surface area contributed by atoms with Crippen molar-refractivity contribution >= 4 is 0 Å². The van der Waals surface area contributed by atoms with Crippen molar-refractivity contribution < 1.29 is 14.0 Å². The van der Waals surface area contributed by atoms with E-state index < -0.39 is 0 Å². The van der Waals surface area contributed by atoms with Gasteiger partial charge in [-0.05, 0) is 31.0 Å². The Hall–Kier alpha value is -2.08. The maximum absolute atomic E-state index is 5.30. The molecule has 2 rings (SSSR count). The Labute approximate surface area is 118 Å². The van der Waals surface area contributed by atoms with Gasteiger partial charge in [-0.1, -0.05) is 11.2 Å². The highest BCUT2D eigenvalue weighted by molar-refractivity contribution is 5.43. The first-order valence-corrected chi connectivity index (χ1v) is 6.42.